The highest BCUT2D eigenvalue weighted by atomic mass is 16.3. The summed E-state index contributed by atoms with van der Waals surface area (Å²) in [5.41, 5.74) is 6.07. The second-order valence-corrected chi connectivity index (χ2v) is 15.2. The summed E-state index contributed by atoms with van der Waals surface area (Å²) in [4.78, 5) is 14.9. The molecule has 0 unspecified atom stereocenters. The van der Waals surface area contributed by atoms with Gasteiger partial charge in [-0.25, -0.2) is 4.58 Å². The molecule has 0 amide bonds. The van der Waals surface area contributed by atoms with E-state index in [1.165, 1.54) is 33.4 Å². The maximum atomic E-state index is 12.4. The van der Waals surface area contributed by atoms with E-state index in [2.05, 4.69) is 137 Å². The maximum absolute atomic E-state index is 12.4. The monoisotopic (exact) mass is 621 g/mol. The van der Waals surface area contributed by atoms with E-state index in [1.807, 2.05) is 20.8 Å². The second-order valence-electron chi connectivity index (χ2n) is 15.2. The summed E-state index contributed by atoms with van der Waals surface area (Å²) in [6.07, 6.45) is 14.4. The molecule has 0 fully saturated rings. The Morgan fingerprint density at radius 3 is 2.28 bits per heavy atom. The van der Waals surface area contributed by atoms with Crippen molar-refractivity contribution in [1.82, 2.24) is 4.58 Å². The summed E-state index contributed by atoms with van der Waals surface area (Å²) in [5.74, 6) is 2.13. The van der Waals surface area contributed by atoms with Gasteiger partial charge in [-0.3, -0.25) is 4.79 Å². The maximum Gasteiger partial charge on any atom is 0.203 e. The van der Waals surface area contributed by atoms with E-state index < -0.39 is 0 Å². The Morgan fingerprint density at radius 1 is 0.891 bits per heavy atom. The molecule has 1 aromatic carbocycles. The van der Waals surface area contributed by atoms with Crippen molar-refractivity contribution in [2.24, 2.45) is 5.41 Å². The molecule has 2 aliphatic heterocycles. The lowest BCUT2D eigenvalue weighted by molar-refractivity contribution is -0.126. The third kappa shape index (κ3) is 8.00. The number of benzene rings is 2. The number of nitrogens with zero attached hydrogens (tertiary/aromatic N) is 2. The lowest BCUT2D eigenvalue weighted by Gasteiger charge is -2.27. The van der Waals surface area contributed by atoms with Crippen LogP contribution < -0.4 is 14.8 Å². The van der Waals surface area contributed by atoms with Gasteiger partial charge in [0.25, 0.3) is 0 Å². The van der Waals surface area contributed by atoms with Crippen molar-refractivity contribution in [3.63, 3.8) is 0 Å². The van der Waals surface area contributed by atoms with Crippen LogP contribution in [0.15, 0.2) is 82.9 Å². The summed E-state index contributed by atoms with van der Waals surface area (Å²) in [6, 6.07) is 17.6. The van der Waals surface area contributed by atoms with Crippen LogP contribution in [0.3, 0.4) is 0 Å². The molecule has 4 heteroatoms. The Labute approximate surface area is 278 Å². The highest BCUT2D eigenvalue weighted by molar-refractivity contribution is 5.83. The summed E-state index contributed by atoms with van der Waals surface area (Å²) in [6.45, 7) is 24.7. The molecule has 0 bridgehead atoms. The van der Waals surface area contributed by atoms with Gasteiger partial charge in [0.05, 0.1) is 6.07 Å². The average molecular weight is 622 g/mol. The topological polar surface area (TPSA) is 36.5 Å². The van der Waals surface area contributed by atoms with Gasteiger partial charge < -0.3 is 9.32 Å². The third-order valence-electron chi connectivity index (χ3n) is 9.36. The Morgan fingerprint density at radius 2 is 1.61 bits per heavy atom. The van der Waals surface area contributed by atoms with Crippen LogP contribution in [0, 0.1) is 5.41 Å². The second kappa shape index (κ2) is 14.4. The van der Waals surface area contributed by atoms with Gasteiger partial charge in [-0.1, -0.05) is 98.2 Å². The van der Waals surface area contributed by atoms with Crippen molar-refractivity contribution >= 4 is 17.5 Å². The van der Waals surface area contributed by atoms with Gasteiger partial charge >= 0.3 is 0 Å². The van der Waals surface area contributed by atoms with Crippen molar-refractivity contribution in [1.29, 1.82) is 0 Å². The molecule has 2 heterocycles. The van der Waals surface area contributed by atoms with Gasteiger partial charge in [0.1, 0.15) is 30.4 Å². The minimum atomic E-state index is -0.249. The van der Waals surface area contributed by atoms with Gasteiger partial charge in [0.2, 0.25) is 5.36 Å². The van der Waals surface area contributed by atoms with Crippen LogP contribution in [0.5, 0.6) is 0 Å². The highest BCUT2D eigenvalue weighted by Crippen LogP contribution is 2.47. The van der Waals surface area contributed by atoms with Gasteiger partial charge in [0.15, 0.2) is 0 Å². The first-order valence-electron chi connectivity index (χ1n) is 17.3. The van der Waals surface area contributed by atoms with Crippen molar-refractivity contribution in [3.05, 3.63) is 101 Å². The van der Waals surface area contributed by atoms with Crippen LogP contribution in [0.1, 0.15) is 112 Å². The first kappa shape index (κ1) is 35.2. The Hall–Kier alpha value is -3.66. The standard InChI is InChI=1S/C42H57N2O2/c1-11-43(12-2)31-26-27-33-35(40(3,4)5)30-32(46-37(33)29-31)21-15-13-16-24-38-42(9,10)34-22-18-19-23-36(34)44(38)28-20-14-17-25-39(45)41(6,7)8/h13,15-16,18-19,21-24,26-27,29-30H,11-12,14,17,20,25,28H2,1-10H3/q+1. The molecule has 1 aromatic rings. The first-order chi connectivity index (χ1) is 21.7. The number of carbonyl (C=O) groups is 1. The molecule has 246 valence electrons. The summed E-state index contributed by atoms with van der Waals surface area (Å²) < 4.78 is 8.81. The van der Waals surface area contributed by atoms with Crippen molar-refractivity contribution in [3.8, 4) is 11.3 Å². The predicted octanol–water partition coefficient (Wildman–Crippen LogP) is 9.92. The van der Waals surface area contributed by atoms with E-state index in [-0.39, 0.29) is 16.2 Å². The first-order valence-corrected chi connectivity index (χ1v) is 17.3. The SMILES string of the molecule is CC[N+](CC)=c1ccc2c(C(C)(C)C)cc(/C=C/C=C/C=C3/N(CCCCCC(=O)C(C)(C)C)c4ccccc4C3(C)C)oc-2c1. The number of allylic oxidation sites excluding steroid dienone is 5. The van der Waals surface area contributed by atoms with E-state index >= 15 is 0 Å². The summed E-state index contributed by atoms with van der Waals surface area (Å²) in [5, 5.41) is 1.19. The molecule has 1 aliphatic carbocycles. The molecule has 0 spiro atoms. The Kier molecular flexibility index (Phi) is 11.0. The number of para-hydroxylation sites is 1. The molecule has 3 aliphatic rings. The van der Waals surface area contributed by atoms with Crippen LogP contribution >= 0.6 is 0 Å². The van der Waals surface area contributed by atoms with Crippen LogP contribution in [0.4, 0.5) is 5.69 Å². The minimum Gasteiger partial charge on any atom is -0.456 e. The molecular weight excluding hydrogens is 564 g/mol. The molecule has 0 aromatic heterocycles. The fraction of sp³-hybridized carbons (Fsp3) is 0.476. The predicted molar refractivity (Wildman–Crippen MR) is 196 cm³/mol. The van der Waals surface area contributed by atoms with Gasteiger partial charge in [-0.15, -0.1) is 0 Å². The third-order valence-corrected chi connectivity index (χ3v) is 9.36. The van der Waals surface area contributed by atoms with E-state index in [9.17, 15) is 4.79 Å². The fourth-order valence-corrected chi connectivity index (χ4v) is 6.53. The minimum absolute atomic E-state index is 0.0107. The van der Waals surface area contributed by atoms with Crippen molar-refractivity contribution in [2.45, 2.75) is 106 Å². The normalized spacial score (nSPS) is 15.9. The van der Waals surface area contributed by atoms with Gasteiger partial charge in [0, 0.05) is 46.8 Å². The number of carbonyl (C=O) groups excluding carboxylic acids is 1. The molecule has 46 heavy (non-hydrogen) atoms. The van der Waals surface area contributed by atoms with Crippen molar-refractivity contribution < 1.29 is 9.21 Å². The zero-order chi connectivity index (χ0) is 33.7. The number of rotatable bonds is 11. The van der Waals surface area contributed by atoms with E-state index in [0.717, 1.165) is 50.4 Å². The molecule has 4 rings (SSSR count). The van der Waals surface area contributed by atoms with E-state index in [0.29, 0.717) is 12.2 Å². The largest absolute Gasteiger partial charge is 0.456 e. The molecule has 0 N–H and O–H groups in total. The molecule has 0 atom stereocenters. The quantitative estimate of drug-likeness (QED) is 0.121. The Bertz CT molecular complexity index is 1640. The highest BCUT2D eigenvalue weighted by Gasteiger charge is 2.39. The van der Waals surface area contributed by atoms with Crippen LogP contribution in [0.2, 0.25) is 0 Å². The van der Waals surface area contributed by atoms with Gasteiger partial charge in [-0.05, 0) is 73.6 Å². The number of anilines is 1. The zero-order valence-electron chi connectivity index (χ0n) is 30.2. The number of hydrogen-bond donors (Lipinski definition) is 0. The summed E-state index contributed by atoms with van der Waals surface area (Å²) >= 11 is 0. The molecule has 0 saturated carbocycles. The number of fused-ring (bicyclic) bond motifs is 2. The van der Waals surface area contributed by atoms with Crippen molar-refractivity contribution in [2.75, 3.05) is 24.5 Å². The number of hydrogen-bond acceptors (Lipinski definition) is 3. The van der Waals surface area contributed by atoms with Crippen LogP contribution in [-0.2, 0) is 15.6 Å². The summed E-state index contributed by atoms with van der Waals surface area (Å²) in [7, 11) is 0. The molecule has 4 nitrogen and oxygen atoms in total. The van der Waals surface area contributed by atoms with Gasteiger partial charge in [-0.2, -0.15) is 0 Å². The number of unbranched alkanes of at least 4 members (excludes halogenated alkanes) is 2. The Balaban J connectivity index is 1.57. The smallest absolute Gasteiger partial charge is 0.203 e. The average Bonchev–Trinajstić information content (AvgIpc) is 3.21. The zero-order valence-corrected chi connectivity index (χ0v) is 30.2. The molecular formula is C42H57N2O2+. The van der Waals surface area contributed by atoms with Crippen LogP contribution in [0.25, 0.3) is 17.4 Å². The van der Waals surface area contributed by atoms with Crippen LogP contribution in [-0.4, -0.2) is 25.4 Å². The van der Waals surface area contributed by atoms with E-state index in [1.54, 1.807) is 0 Å². The fourth-order valence-electron chi connectivity index (χ4n) is 6.53. The number of Topliss-reactive ketones (excluding diaryl/α,β-unsaturated/α-hetero) is 1. The lowest BCUT2D eigenvalue weighted by atomic mass is 9.83. The van der Waals surface area contributed by atoms with E-state index in [4.69, 9.17) is 4.42 Å². The molecule has 0 saturated heterocycles. The lowest BCUT2D eigenvalue weighted by Crippen LogP contribution is -2.29. The number of ketones is 1. The molecule has 0 radical (unpaired) electrons.